The monoisotopic (exact) mass is 289 g/mol. The molecule has 1 heterocycles. The molecular weight excluding hydrogens is 278 g/mol. The van der Waals surface area contributed by atoms with Crippen LogP contribution in [0, 0.1) is 10.1 Å². The van der Waals surface area contributed by atoms with Gasteiger partial charge in [-0.2, -0.15) is 0 Å². The SMILES string of the molecule is O=[N+]([O-])c1ccc(NC2CC2c2cccc(Cl)c2)nc1. The standard InChI is InChI=1S/C14H12ClN3O2/c15-10-3-1-2-9(6-10)12-7-13(12)17-14-5-4-11(8-16-14)18(19)20/h1-6,8,12-13H,7H2,(H,16,17). The second-order valence-electron chi connectivity index (χ2n) is 4.81. The van der Waals surface area contributed by atoms with Crippen molar-refractivity contribution in [2.45, 2.75) is 18.4 Å². The Morgan fingerprint density at radius 3 is 2.85 bits per heavy atom. The van der Waals surface area contributed by atoms with Gasteiger partial charge in [0, 0.05) is 23.0 Å². The summed E-state index contributed by atoms with van der Waals surface area (Å²) in [6.07, 6.45) is 2.28. The summed E-state index contributed by atoms with van der Waals surface area (Å²) in [5.74, 6) is 1.08. The molecule has 2 atom stereocenters. The van der Waals surface area contributed by atoms with E-state index in [1.54, 1.807) is 6.07 Å². The molecule has 0 aliphatic heterocycles. The van der Waals surface area contributed by atoms with E-state index in [1.165, 1.54) is 17.8 Å². The Labute approximate surface area is 120 Å². The fourth-order valence-electron chi connectivity index (χ4n) is 2.23. The molecule has 2 aromatic rings. The third kappa shape index (κ3) is 2.72. The van der Waals surface area contributed by atoms with E-state index in [9.17, 15) is 10.1 Å². The maximum Gasteiger partial charge on any atom is 0.287 e. The van der Waals surface area contributed by atoms with Gasteiger partial charge in [-0.25, -0.2) is 4.98 Å². The lowest BCUT2D eigenvalue weighted by molar-refractivity contribution is -0.385. The van der Waals surface area contributed by atoms with Crippen LogP contribution < -0.4 is 5.32 Å². The van der Waals surface area contributed by atoms with Crippen molar-refractivity contribution in [3.05, 3.63) is 63.3 Å². The van der Waals surface area contributed by atoms with Crippen LogP contribution in [0.5, 0.6) is 0 Å². The number of hydrogen-bond donors (Lipinski definition) is 1. The number of nitro groups is 1. The molecule has 0 saturated heterocycles. The van der Waals surface area contributed by atoms with E-state index in [0.29, 0.717) is 17.8 Å². The first-order valence-corrected chi connectivity index (χ1v) is 6.64. The number of rotatable bonds is 4. The van der Waals surface area contributed by atoms with Crippen molar-refractivity contribution in [2.24, 2.45) is 0 Å². The van der Waals surface area contributed by atoms with E-state index in [0.717, 1.165) is 11.4 Å². The molecule has 0 radical (unpaired) electrons. The molecule has 1 aromatic carbocycles. The van der Waals surface area contributed by atoms with Gasteiger partial charge in [0.2, 0.25) is 0 Å². The smallest absolute Gasteiger partial charge is 0.287 e. The van der Waals surface area contributed by atoms with Crippen LogP contribution in [0.15, 0.2) is 42.6 Å². The van der Waals surface area contributed by atoms with Crippen molar-refractivity contribution >= 4 is 23.1 Å². The summed E-state index contributed by atoms with van der Waals surface area (Å²) in [5.41, 5.74) is 1.20. The highest BCUT2D eigenvalue weighted by atomic mass is 35.5. The molecular formula is C14H12ClN3O2. The van der Waals surface area contributed by atoms with Crippen LogP contribution in [0.25, 0.3) is 0 Å². The van der Waals surface area contributed by atoms with Gasteiger partial charge in [0.15, 0.2) is 0 Å². The molecule has 0 spiro atoms. The van der Waals surface area contributed by atoms with E-state index in [2.05, 4.69) is 16.4 Å². The molecule has 1 aliphatic carbocycles. The summed E-state index contributed by atoms with van der Waals surface area (Å²) >= 11 is 5.98. The molecule has 2 unspecified atom stereocenters. The van der Waals surface area contributed by atoms with Crippen molar-refractivity contribution in [1.29, 1.82) is 0 Å². The van der Waals surface area contributed by atoms with Gasteiger partial charge in [-0.05, 0) is 30.2 Å². The lowest BCUT2D eigenvalue weighted by Crippen LogP contribution is -2.05. The third-order valence-electron chi connectivity index (χ3n) is 3.36. The number of aromatic nitrogens is 1. The predicted molar refractivity (Wildman–Crippen MR) is 77.1 cm³/mol. The zero-order chi connectivity index (χ0) is 14.1. The number of benzene rings is 1. The minimum atomic E-state index is -0.456. The molecule has 1 aliphatic rings. The first kappa shape index (κ1) is 12.9. The molecule has 1 N–H and O–H groups in total. The average molecular weight is 290 g/mol. The molecule has 0 bridgehead atoms. The molecule has 6 heteroatoms. The Hall–Kier alpha value is -2.14. The Morgan fingerprint density at radius 1 is 1.35 bits per heavy atom. The van der Waals surface area contributed by atoms with Crippen LogP contribution in [-0.2, 0) is 0 Å². The quantitative estimate of drug-likeness (QED) is 0.689. The average Bonchev–Trinajstić information content (AvgIpc) is 3.18. The van der Waals surface area contributed by atoms with Crippen molar-refractivity contribution in [1.82, 2.24) is 4.98 Å². The highest BCUT2D eigenvalue weighted by Gasteiger charge is 2.38. The van der Waals surface area contributed by atoms with Crippen LogP contribution in [0.4, 0.5) is 11.5 Å². The first-order valence-electron chi connectivity index (χ1n) is 6.26. The summed E-state index contributed by atoms with van der Waals surface area (Å²) in [6, 6.07) is 11.2. The lowest BCUT2D eigenvalue weighted by atomic mass is 10.1. The molecule has 1 saturated carbocycles. The molecule has 5 nitrogen and oxygen atoms in total. The van der Waals surface area contributed by atoms with Crippen LogP contribution >= 0.6 is 11.6 Å². The lowest BCUT2D eigenvalue weighted by Gasteiger charge is -2.05. The predicted octanol–water partition coefficient (Wildman–Crippen LogP) is 3.61. The second kappa shape index (κ2) is 5.09. The molecule has 20 heavy (non-hydrogen) atoms. The normalized spacial score (nSPS) is 20.4. The van der Waals surface area contributed by atoms with Gasteiger partial charge in [-0.3, -0.25) is 10.1 Å². The maximum absolute atomic E-state index is 10.5. The van der Waals surface area contributed by atoms with Crippen molar-refractivity contribution in [3.8, 4) is 0 Å². The van der Waals surface area contributed by atoms with Gasteiger partial charge in [0.1, 0.15) is 12.0 Å². The Balaban J connectivity index is 1.64. The van der Waals surface area contributed by atoms with E-state index in [1.807, 2.05) is 18.2 Å². The summed E-state index contributed by atoms with van der Waals surface area (Å²) in [5, 5.41) is 14.6. The topological polar surface area (TPSA) is 68.1 Å². The van der Waals surface area contributed by atoms with Gasteiger partial charge in [0.25, 0.3) is 5.69 Å². The summed E-state index contributed by atoms with van der Waals surface area (Å²) in [6.45, 7) is 0. The number of halogens is 1. The molecule has 0 amide bonds. The fraction of sp³-hybridized carbons (Fsp3) is 0.214. The van der Waals surface area contributed by atoms with E-state index >= 15 is 0 Å². The Morgan fingerprint density at radius 2 is 2.20 bits per heavy atom. The fourth-order valence-corrected chi connectivity index (χ4v) is 2.43. The minimum absolute atomic E-state index is 0.00209. The van der Waals surface area contributed by atoms with Gasteiger partial charge in [-0.15, -0.1) is 0 Å². The van der Waals surface area contributed by atoms with Gasteiger partial charge in [-0.1, -0.05) is 23.7 Å². The first-order chi connectivity index (χ1) is 9.63. The maximum atomic E-state index is 10.5. The summed E-state index contributed by atoms with van der Waals surface area (Å²) in [7, 11) is 0. The number of hydrogen-bond acceptors (Lipinski definition) is 4. The Kier molecular flexibility index (Phi) is 3.28. The Bertz CT molecular complexity index is 645. The van der Waals surface area contributed by atoms with Crippen LogP contribution in [-0.4, -0.2) is 15.9 Å². The van der Waals surface area contributed by atoms with Gasteiger partial charge < -0.3 is 5.32 Å². The minimum Gasteiger partial charge on any atom is -0.367 e. The zero-order valence-electron chi connectivity index (χ0n) is 10.5. The van der Waals surface area contributed by atoms with Crippen LogP contribution in [0.2, 0.25) is 5.02 Å². The van der Waals surface area contributed by atoms with Crippen LogP contribution in [0.1, 0.15) is 17.9 Å². The molecule has 1 aromatic heterocycles. The van der Waals surface area contributed by atoms with Crippen molar-refractivity contribution < 1.29 is 4.92 Å². The number of nitrogens with zero attached hydrogens (tertiary/aromatic N) is 2. The molecule has 1 fully saturated rings. The largest absolute Gasteiger partial charge is 0.367 e. The summed E-state index contributed by atoms with van der Waals surface area (Å²) < 4.78 is 0. The van der Waals surface area contributed by atoms with E-state index < -0.39 is 4.92 Å². The number of nitrogens with one attached hydrogen (secondary N) is 1. The van der Waals surface area contributed by atoms with Crippen molar-refractivity contribution in [2.75, 3.05) is 5.32 Å². The van der Waals surface area contributed by atoms with Gasteiger partial charge >= 0.3 is 0 Å². The number of anilines is 1. The highest BCUT2D eigenvalue weighted by Crippen LogP contribution is 2.43. The number of pyridine rings is 1. The summed E-state index contributed by atoms with van der Waals surface area (Å²) in [4.78, 5) is 14.1. The van der Waals surface area contributed by atoms with E-state index in [4.69, 9.17) is 11.6 Å². The van der Waals surface area contributed by atoms with Crippen LogP contribution in [0.3, 0.4) is 0 Å². The van der Waals surface area contributed by atoms with E-state index in [-0.39, 0.29) is 5.69 Å². The zero-order valence-corrected chi connectivity index (χ0v) is 11.2. The second-order valence-corrected chi connectivity index (χ2v) is 5.24. The third-order valence-corrected chi connectivity index (χ3v) is 3.59. The molecule has 3 rings (SSSR count). The van der Waals surface area contributed by atoms with Gasteiger partial charge in [0.05, 0.1) is 4.92 Å². The molecule has 102 valence electrons. The highest BCUT2D eigenvalue weighted by molar-refractivity contribution is 6.30. The van der Waals surface area contributed by atoms with Crippen molar-refractivity contribution in [3.63, 3.8) is 0 Å².